The van der Waals surface area contributed by atoms with Crippen LogP contribution in [0.5, 0.6) is 5.75 Å². The van der Waals surface area contributed by atoms with Crippen LogP contribution in [0.4, 0.5) is 0 Å². The van der Waals surface area contributed by atoms with Gasteiger partial charge in [0.25, 0.3) is 0 Å². The molecule has 0 radical (unpaired) electrons. The second-order valence-corrected chi connectivity index (χ2v) is 8.35. The predicted molar refractivity (Wildman–Crippen MR) is 122 cm³/mol. The summed E-state index contributed by atoms with van der Waals surface area (Å²) >= 11 is 0. The Balaban J connectivity index is 1.55. The van der Waals surface area contributed by atoms with Gasteiger partial charge in [0, 0.05) is 44.1 Å². The molecule has 0 bridgehead atoms. The number of para-hydroxylation sites is 1. The van der Waals surface area contributed by atoms with Crippen LogP contribution in [0.2, 0.25) is 0 Å². The fourth-order valence-corrected chi connectivity index (χ4v) is 4.46. The van der Waals surface area contributed by atoms with Gasteiger partial charge >= 0.3 is 0 Å². The average molecular weight is 415 g/mol. The molecular weight excluding hydrogens is 376 g/mol. The zero-order valence-corrected chi connectivity index (χ0v) is 18.8. The number of likely N-dealkylation sites (tertiary alicyclic amines) is 1. The van der Waals surface area contributed by atoms with Crippen LogP contribution in [0, 0.1) is 5.92 Å². The lowest BCUT2D eigenvalue weighted by atomic mass is 9.93. The SMILES string of the molecule is CCNC(=NCC1CCOc2ccccc21)NC1CCN(C(=O)C(CC)CC)CC1. The molecule has 1 saturated heterocycles. The van der Waals surface area contributed by atoms with E-state index in [0.717, 1.165) is 76.6 Å². The summed E-state index contributed by atoms with van der Waals surface area (Å²) in [5.41, 5.74) is 1.26. The smallest absolute Gasteiger partial charge is 0.225 e. The molecule has 1 fully saturated rings. The maximum absolute atomic E-state index is 12.6. The van der Waals surface area contributed by atoms with E-state index in [1.807, 2.05) is 12.1 Å². The number of ether oxygens (including phenoxy) is 1. The molecule has 0 aromatic heterocycles. The number of nitrogens with one attached hydrogen (secondary N) is 2. The molecule has 0 spiro atoms. The third kappa shape index (κ3) is 5.67. The molecule has 6 heteroatoms. The lowest BCUT2D eigenvalue weighted by Gasteiger charge is -2.35. The minimum absolute atomic E-state index is 0.177. The van der Waals surface area contributed by atoms with Crippen molar-refractivity contribution in [3.8, 4) is 5.75 Å². The van der Waals surface area contributed by atoms with Crippen LogP contribution < -0.4 is 15.4 Å². The highest BCUT2D eigenvalue weighted by atomic mass is 16.5. The predicted octanol–water partition coefficient (Wildman–Crippen LogP) is 3.54. The fraction of sp³-hybridized carbons (Fsp3) is 0.667. The summed E-state index contributed by atoms with van der Waals surface area (Å²) in [5, 5.41) is 7.00. The number of hydrogen-bond donors (Lipinski definition) is 2. The van der Waals surface area contributed by atoms with Gasteiger partial charge in [-0.05, 0) is 50.7 Å². The quantitative estimate of drug-likeness (QED) is 0.529. The molecule has 1 unspecified atom stereocenters. The minimum atomic E-state index is 0.177. The summed E-state index contributed by atoms with van der Waals surface area (Å²) in [6.45, 7) is 10.3. The highest BCUT2D eigenvalue weighted by Crippen LogP contribution is 2.33. The van der Waals surface area contributed by atoms with Crippen molar-refractivity contribution in [1.29, 1.82) is 0 Å². The number of fused-ring (bicyclic) bond motifs is 1. The van der Waals surface area contributed by atoms with Crippen LogP contribution in [0.15, 0.2) is 29.3 Å². The van der Waals surface area contributed by atoms with Crippen LogP contribution in [0.25, 0.3) is 0 Å². The van der Waals surface area contributed by atoms with Crippen LogP contribution in [0.1, 0.15) is 64.4 Å². The number of amides is 1. The van der Waals surface area contributed by atoms with Crippen molar-refractivity contribution >= 4 is 11.9 Å². The molecule has 2 N–H and O–H groups in total. The lowest BCUT2D eigenvalue weighted by Crippen LogP contribution is -2.50. The second-order valence-electron chi connectivity index (χ2n) is 8.35. The van der Waals surface area contributed by atoms with Crippen molar-refractivity contribution in [2.75, 3.05) is 32.8 Å². The van der Waals surface area contributed by atoms with Gasteiger partial charge < -0.3 is 20.3 Å². The number of nitrogens with zero attached hydrogens (tertiary/aromatic N) is 2. The van der Waals surface area contributed by atoms with Gasteiger partial charge in [0.05, 0.1) is 6.61 Å². The van der Waals surface area contributed by atoms with E-state index in [9.17, 15) is 4.79 Å². The van der Waals surface area contributed by atoms with Crippen molar-refractivity contribution in [3.05, 3.63) is 29.8 Å². The second kappa shape index (κ2) is 11.2. The Kier molecular flexibility index (Phi) is 8.40. The highest BCUT2D eigenvalue weighted by Gasteiger charge is 2.27. The molecule has 2 aliphatic rings. The first-order valence-electron chi connectivity index (χ1n) is 11.7. The standard InChI is InChI=1S/C24H38N4O2/c1-4-18(5-2)23(29)28-14-11-20(12-15-28)27-24(25-6-3)26-17-19-13-16-30-22-10-8-7-9-21(19)22/h7-10,18-20H,4-6,11-17H2,1-3H3,(H2,25,26,27). The molecule has 1 atom stereocenters. The zero-order chi connectivity index (χ0) is 21.3. The highest BCUT2D eigenvalue weighted by molar-refractivity contribution is 5.80. The normalized spacial score (nSPS) is 19.9. The maximum atomic E-state index is 12.6. The van der Waals surface area contributed by atoms with Crippen molar-refractivity contribution in [2.45, 2.75) is 64.8 Å². The fourth-order valence-electron chi connectivity index (χ4n) is 4.46. The van der Waals surface area contributed by atoms with Gasteiger partial charge in [0.2, 0.25) is 5.91 Å². The molecule has 1 aromatic rings. The maximum Gasteiger partial charge on any atom is 0.225 e. The van der Waals surface area contributed by atoms with E-state index in [2.05, 4.69) is 48.4 Å². The average Bonchev–Trinajstić information content (AvgIpc) is 2.79. The Morgan fingerprint density at radius 1 is 1.17 bits per heavy atom. The first kappa shape index (κ1) is 22.4. The Hall–Kier alpha value is -2.24. The van der Waals surface area contributed by atoms with Crippen molar-refractivity contribution in [2.24, 2.45) is 10.9 Å². The number of carbonyl (C=O) groups is 1. The molecule has 1 aromatic carbocycles. The third-order valence-corrected chi connectivity index (χ3v) is 6.38. The van der Waals surface area contributed by atoms with Gasteiger partial charge in [-0.3, -0.25) is 9.79 Å². The molecule has 0 saturated carbocycles. The summed E-state index contributed by atoms with van der Waals surface area (Å²) < 4.78 is 5.78. The van der Waals surface area contributed by atoms with E-state index in [-0.39, 0.29) is 5.92 Å². The van der Waals surface area contributed by atoms with Gasteiger partial charge in [0.15, 0.2) is 5.96 Å². The minimum Gasteiger partial charge on any atom is -0.493 e. The van der Waals surface area contributed by atoms with Crippen LogP contribution in [0.3, 0.4) is 0 Å². The topological polar surface area (TPSA) is 66.0 Å². The van der Waals surface area contributed by atoms with Gasteiger partial charge in [-0.2, -0.15) is 0 Å². The Morgan fingerprint density at radius 2 is 1.90 bits per heavy atom. The van der Waals surface area contributed by atoms with Crippen molar-refractivity contribution < 1.29 is 9.53 Å². The monoisotopic (exact) mass is 414 g/mol. The Bertz CT molecular complexity index is 709. The summed E-state index contributed by atoms with van der Waals surface area (Å²) in [6, 6.07) is 8.66. The summed E-state index contributed by atoms with van der Waals surface area (Å²) in [7, 11) is 0. The van der Waals surface area contributed by atoms with E-state index >= 15 is 0 Å². The van der Waals surface area contributed by atoms with E-state index < -0.39 is 0 Å². The van der Waals surface area contributed by atoms with Gasteiger partial charge in [0.1, 0.15) is 5.75 Å². The summed E-state index contributed by atoms with van der Waals surface area (Å²) in [5.74, 6) is 2.78. The number of benzene rings is 1. The van der Waals surface area contributed by atoms with Crippen LogP contribution in [-0.2, 0) is 4.79 Å². The zero-order valence-electron chi connectivity index (χ0n) is 18.8. The van der Waals surface area contributed by atoms with Crippen LogP contribution >= 0.6 is 0 Å². The largest absolute Gasteiger partial charge is 0.493 e. The molecule has 2 aliphatic heterocycles. The third-order valence-electron chi connectivity index (χ3n) is 6.38. The molecule has 166 valence electrons. The molecular formula is C24H38N4O2. The van der Waals surface area contributed by atoms with Crippen molar-refractivity contribution in [3.63, 3.8) is 0 Å². The molecule has 3 rings (SSSR count). The Morgan fingerprint density at radius 3 is 2.60 bits per heavy atom. The molecule has 2 heterocycles. The summed E-state index contributed by atoms with van der Waals surface area (Å²) in [6.07, 6.45) is 4.80. The van der Waals surface area contributed by atoms with Crippen LogP contribution in [-0.4, -0.2) is 55.6 Å². The number of aliphatic imine (C=N–C) groups is 1. The molecule has 30 heavy (non-hydrogen) atoms. The molecule has 0 aliphatic carbocycles. The van der Waals surface area contributed by atoms with Gasteiger partial charge in [-0.15, -0.1) is 0 Å². The van der Waals surface area contributed by atoms with E-state index in [1.54, 1.807) is 0 Å². The van der Waals surface area contributed by atoms with E-state index in [4.69, 9.17) is 9.73 Å². The lowest BCUT2D eigenvalue weighted by molar-refractivity contribution is -0.136. The first-order valence-corrected chi connectivity index (χ1v) is 11.7. The first-order chi connectivity index (χ1) is 14.7. The molecule has 6 nitrogen and oxygen atoms in total. The van der Waals surface area contributed by atoms with Gasteiger partial charge in [-0.25, -0.2) is 0 Å². The summed E-state index contributed by atoms with van der Waals surface area (Å²) in [4.78, 5) is 19.6. The Labute approximate surface area is 181 Å². The number of rotatable bonds is 7. The van der Waals surface area contributed by atoms with E-state index in [0.29, 0.717) is 17.9 Å². The molecule has 1 amide bonds. The van der Waals surface area contributed by atoms with Gasteiger partial charge in [-0.1, -0.05) is 32.0 Å². The van der Waals surface area contributed by atoms with Crippen molar-refractivity contribution in [1.82, 2.24) is 15.5 Å². The number of carbonyl (C=O) groups excluding carboxylic acids is 1. The number of guanidine groups is 1. The van der Waals surface area contributed by atoms with E-state index in [1.165, 1.54) is 5.56 Å². The number of hydrogen-bond acceptors (Lipinski definition) is 3. The number of piperidine rings is 1.